The van der Waals surface area contributed by atoms with Crippen LogP contribution in [0.4, 0.5) is 0 Å². The molecule has 1 saturated heterocycles. The van der Waals surface area contributed by atoms with Gasteiger partial charge in [-0.1, -0.05) is 6.92 Å². The maximum absolute atomic E-state index is 11.7. The zero-order valence-electron chi connectivity index (χ0n) is 9.27. The Morgan fingerprint density at radius 2 is 2.07 bits per heavy atom. The van der Waals surface area contributed by atoms with Gasteiger partial charge in [-0.25, -0.2) is 0 Å². The minimum Gasteiger partial charge on any atom is -0.481 e. The van der Waals surface area contributed by atoms with E-state index in [1.165, 1.54) is 7.11 Å². The molecule has 0 saturated carbocycles. The SMILES string of the molecule is COC(C)C(=O)N1C[C@@H](C)[C@H](C(=O)O)C1. The van der Waals surface area contributed by atoms with E-state index < -0.39 is 18.0 Å². The number of hydrogen-bond acceptors (Lipinski definition) is 3. The smallest absolute Gasteiger partial charge is 0.308 e. The van der Waals surface area contributed by atoms with Gasteiger partial charge in [0.1, 0.15) is 6.10 Å². The summed E-state index contributed by atoms with van der Waals surface area (Å²) in [6, 6.07) is 0. The predicted octanol–water partition coefficient (Wildman–Crippen LogP) is 0.200. The second kappa shape index (κ2) is 4.61. The van der Waals surface area contributed by atoms with Crippen LogP contribution in [0.2, 0.25) is 0 Å². The number of carboxylic acids is 1. The third-order valence-electron chi connectivity index (χ3n) is 2.94. The molecule has 1 fully saturated rings. The van der Waals surface area contributed by atoms with E-state index in [4.69, 9.17) is 9.84 Å². The summed E-state index contributed by atoms with van der Waals surface area (Å²) in [6.07, 6.45) is -0.496. The molecule has 1 aliphatic heterocycles. The maximum atomic E-state index is 11.7. The Morgan fingerprint density at radius 3 is 2.47 bits per heavy atom. The lowest BCUT2D eigenvalue weighted by Gasteiger charge is -2.19. The largest absolute Gasteiger partial charge is 0.481 e. The second-order valence-corrected chi connectivity index (χ2v) is 4.04. The minimum absolute atomic E-state index is 0.00973. The van der Waals surface area contributed by atoms with Crippen LogP contribution in [0.3, 0.4) is 0 Å². The molecule has 86 valence electrons. The van der Waals surface area contributed by atoms with Gasteiger partial charge in [-0.2, -0.15) is 0 Å². The zero-order valence-corrected chi connectivity index (χ0v) is 9.27. The van der Waals surface area contributed by atoms with E-state index in [1.54, 1.807) is 11.8 Å². The molecular formula is C10H17NO4. The first-order valence-corrected chi connectivity index (χ1v) is 5.01. The molecule has 1 heterocycles. The molecule has 1 unspecified atom stereocenters. The number of carbonyl (C=O) groups is 2. The number of rotatable bonds is 3. The molecule has 1 amide bonds. The summed E-state index contributed by atoms with van der Waals surface area (Å²) in [6.45, 7) is 4.32. The second-order valence-electron chi connectivity index (χ2n) is 4.04. The monoisotopic (exact) mass is 215 g/mol. The summed E-state index contributed by atoms with van der Waals surface area (Å²) in [5, 5.41) is 8.91. The number of carboxylic acid groups (broad SMARTS) is 1. The quantitative estimate of drug-likeness (QED) is 0.730. The van der Waals surface area contributed by atoms with Crippen LogP contribution in [-0.2, 0) is 14.3 Å². The van der Waals surface area contributed by atoms with Crippen molar-refractivity contribution >= 4 is 11.9 Å². The number of aliphatic carboxylic acids is 1. The molecule has 1 aliphatic rings. The number of carbonyl (C=O) groups excluding carboxylic acids is 1. The minimum atomic E-state index is -0.831. The van der Waals surface area contributed by atoms with E-state index in [2.05, 4.69) is 0 Å². The van der Waals surface area contributed by atoms with Crippen molar-refractivity contribution < 1.29 is 19.4 Å². The molecule has 0 aromatic heterocycles. The fraction of sp³-hybridized carbons (Fsp3) is 0.800. The van der Waals surface area contributed by atoms with E-state index in [-0.39, 0.29) is 11.8 Å². The van der Waals surface area contributed by atoms with E-state index in [1.807, 2.05) is 6.92 Å². The Bertz CT molecular complexity index is 266. The van der Waals surface area contributed by atoms with Crippen molar-refractivity contribution in [3.63, 3.8) is 0 Å². The van der Waals surface area contributed by atoms with Gasteiger partial charge in [-0.15, -0.1) is 0 Å². The molecule has 0 aromatic carbocycles. The lowest BCUT2D eigenvalue weighted by molar-refractivity contribution is -0.143. The topological polar surface area (TPSA) is 66.8 Å². The Balaban J connectivity index is 2.62. The maximum Gasteiger partial charge on any atom is 0.308 e. The lowest BCUT2D eigenvalue weighted by Crippen LogP contribution is -2.37. The number of likely N-dealkylation sites (tertiary alicyclic amines) is 1. The number of methoxy groups -OCH3 is 1. The van der Waals surface area contributed by atoms with Gasteiger partial charge in [0, 0.05) is 20.2 Å². The molecule has 5 heteroatoms. The summed E-state index contributed by atoms with van der Waals surface area (Å²) in [4.78, 5) is 24.1. The third kappa shape index (κ3) is 2.47. The molecule has 5 nitrogen and oxygen atoms in total. The van der Waals surface area contributed by atoms with Gasteiger partial charge in [-0.05, 0) is 12.8 Å². The van der Waals surface area contributed by atoms with Crippen molar-refractivity contribution in [2.24, 2.45) is 11.8 Å². The van der Waals surface area contributed by atoms with Gasteiger partial charge < -0.3 is 14.7 Å². The summed E-state index contributed by atoms with van der Waals surface area (Å²) < 4.78 is 4.92. The van der Waals surface area contributed by atoms with Gasteiger partial charge in [0.2, 0.25) is 0 Å². The van der Waals surface area contributed by atoms with Crippen LogP contribution >= 0.6 is 0 Å². The van der Waals surface area contributed by atoms with Crippen LogP contribution in [0, 0.1) is 11.8 Å². The van der Waals surface area contributed by atoms with Crippen LogP contribution in [0.1, 0.15) is 13.8 Å². The van der Waals surface area contributed by atoms with Crippen molar-refractivity contribution in [1.29, 1.82) is 0 Å². The predicted molar refractivity (Wildman–Crippen MR) is 53.3 cm³/mol. The van der Waals surface area contributed by atoms with E-state index >= 15 is 0 Å². The van der Waals surface area contributed by atoms with Crippen LogP contribution in [0.25, 0.3) is 0 Å². The Hall–Kier alpha value is -1.10. The first-order chi connectivity index (χ1) is 6.97. The van der Waals surface area contributed by atoms with Crippen molar-refractivity contribution in [1.82, 2.24) is 4.90 Å². The molecule has 0 aliphatic carbocycles. The molecular weight excluding hydrogens is 198 g/mol. The van der Waals surface area contributed by atoms with Crippen LogP contribution < -0.4 is 0 Å². The molecule has 0 radical (unpaired) electrons. The molecule has 3 atom stereocenters. The fourth-order valence-electron chi connectivity index (χ4n) is 1.83. The Kier molecular flexibility index (Phi) is 3.68. The van der Waals surface area contributed by atoms with Gasteiger partial charge in [-0.3, -0.25) is 9.59 Å². The van der Waals surface area contributed by atoms with Crippen molar-refractivity contribution in [3.8, 4) is 0 Å². The highest BCUT2D eigenvalue weighted by Crippen LogP contribution is 2.23. The normalized spacial score (nSPS) is 27.8. The summed E-state index contributed by atoms with van der Waals surface area (Å²) in [7, 11) is 1.47. The molecule has 0 bridgehead atoms. The molecule has 15 heavy (non-hydrogen) atoms. The first-order valence-electron chi connectivity index (χ1n) is 5.01. The van der Waals surface area contributed by atoms with Crippen molar-refractivity contribution in [3.05, 3.63) is 0 Å². The standard InChI is InChI=1S/C10H17NO4/c1-6-4-11(5-8(6)10(13)14)9(12)7(2)15-3/h6-8H,4-5H2,1-3H3,(H,13,14)/t6-,7?,8-/m1/s1. The van der Waals surface area contributed by atoms with E-state index in [0.717, 1.165) is 0 Å². The van der Waals surface area contributed by atoms with Crippen LogP contribution in [0.15, 0.2) is 0 Å². The van der Waals surface area contributed by atoms with Gasteiger partial charge in [0.05, 0.1) is 5.92 Å². The van der Waals surface area contributed by atoms with Crippen LogP contribution in [0.5, 0.6) is 0 Å². The fourth-order valence-corrected chi connectivity index (χ4v) is 1.83. The van der Waals surface area contributed by atoms with Gasteiger partial charge in [0.25, 0.3) is 5.91 Å². The van der Waals surface area contributed by atoms with Crippen molar-refractivity contribution in [2.75, 3.05) is 20.2 Å². The van der Waals surface area contributed by atoms with Gasteiger partial charge >= 0.3 is 5.97 Å². The Morgan fingerprint density at radius 1 is 1.47 bits per heavy atom. The lowest BCUT2D eigenvalue weighted by atomic mass is 9.99. The van der Waals surface area contributed by atoms with Crippen molar-refractivity contribution in [2.45, 2.75) is 20.0 Å². The molecule has 0 spiro atoms. The Labute approximate surface area is 89.0 Å². The van der Waals surface area contributed by atoms with E-state index in [0.29, 0.717) is 13.1 Å². The average molecular weight is 215 g/mol. The molecule has 1 N–H and O–H groups in total. The summed E-state index contributed by atoms with van der Waals surface area (Å²) in [5.41, 5.74) is 0. The highest BCUT2D eigenvalue weighted by atomic mass is 16.5. The average Bonchev–Trinajstić information content (AvgIpc) is 2.58. The number of ether oxygens (including phenoxy) is 1. The van der Waals surface area contributed by atoms with E-state index in [9.17, 15) is 9.59 Å². The number of hydrogen-bond donors (Lipinski definition) is 1. The van der Waals surface area contributed by atoms with Gasteiger partial charge in [0.15, 0.2) is 0 Å². The van der Waals surface area contributed by atoms with Crippen LogP contribution in [-0.4, -0.2) is 48.2 Å². The number of nitrogens with zero attached hydrogens (tertiary/aromatic N) is 1. The molecule has 0 aromatic rings. The first kappa shape index (κ1) is 12.0. The third-order valence-corrected chi connectivity index (χ3v) is 2.94. The number of amides is 1. The zero-order chi connectivity index (χ0) is 11.6. The highest BCUT2D eigenvalue weighted by Gasteiger charge is 2.38. The molecule has 1 rings (SSSR count). The highest BCUT2D eigenvalue weighted by molar-refractivity contribution is 5.82. The summed E-state index contributed by atoms with van der Waals surface area (Å²) in [5.74, 6) is -1.40. The summed E-state index contributed by atoms with van der Waals surface area (Å²) >= 11 is 0.